The number of anilines is 1. The molecule has 7 nitrogen and oxygen atoms in total. The Balaban J connectivity index is 1.63. The zero-order chi connectivity index (χ0) is 19.0. The smallest absolute Gasteiger partial charge is 0.255 e. The lowest BCUT2D eigenvalue weighted by molar-refractivity contribution is 0.240. The molecule has 0 saturated heterocycles. The van der Waals surface area contributed by atoms with E-state index in [-0.39, 0.29) is 16.9 Å². The number of hydrogen-bond acceptors (Lipinski definition) is 6. The highest BCUT2D eigenvalue weighted by Crippen LogP contribution is 2.21. The molecule has 0 bridgehead atoms. The highest BCUT2D eigenvalue weighted by Gasteiger charge is 2.23. The fourth-order valence-electron chi connectivity index (χ4n) is 3.59. The molecule has 0 atom stereocenters. The molecule has 1 aliphatic heterocycles. The van der Waals surface area contributed by atoms with Crippen molar-refractivity contribution < 1.29 is 4.42 Å². The highest BCUT2D eigenvalue weighted by molar-refractivity contribution is 5.78. The van der Waals surface area contributed by atoms with E-state index in [2.05, 4.69) is 16.9 Å². The number of aromatic amines is 1. The van der Waals surface area contributed by atoms with Crippen molar-refractivity contribution in [1.29, 1.82) is 0 Å². The van der Waals surface area contributed by atoms with Gasteiger partial charge < -0.3 is 15.1 Å². The number of aryl methyl sites for hydroxylation is 1. The highest BCUT2D eigenvalue weighted by atomic mass is 16.3. The van der Waals surface area contributed by atoms with Crippen molar-refractivity contribution in [3.8, 4) is 0 Å². The molecule has 2 aromatic heterocycles. The van der Waals surface area contributed by atoms with Crippen LogP contribution in [0.3, 0.4) is 0 Å². The molecule has 0 aliphatic carbocycles. The molecule has 0 radical (unpaired) electrons. The molecule has 1 aliphatic rings. The van der Waals surface area contributed by atoms with Crippen LogP contribution in [-0.4, -0.2) is 21.4 Å². The number of rotatable bonds is 4. The Bertz CT molecular complexity index is 1120. The number of nitrogens with zero attached hydrogens (tertiary/aromatic N) is 2. The van der Waals surface area contributed by atoms with Crippen LogP contribution in [0.5, 0.6) is 0 Å². The van der Waals surface area contributed by atoms with E-state index in [1.807, 2.05) is 4.90 Å². The van der Waals surface area contributed by atoms with Gasteiger partial charge in [0.2, 0.25) is 0 Å². The Morgan fingerprint density at radius 1 is 1.30 bits per heavy atom. The normalized spacial score (nSPS) is 14.4. The Kier molecular flexibility index (Phi) is 4.53. The van der Waals surface area contributed by atoms with Crippen LogP contribution in [0.4, 0.5) is 5.88 Å². The van der Waals surface area contributed by atoms with Crippen LogP contribution in [0.1, 0.15) is 36.0 Å². The fraction of sp³-hybridized carbons (Fsp3) is 0.350. The lowest BCUT2D eigenvalue weighted by Crippen LogP contribution is -2.37. The Morgan fingerprint density at radius 2 is 2.11 bits per heavy atom. The topological polar surface area (TPSA) is 105 Å². The van der Waals surface area contributed by atoms with Gasteiger partial charge in [0, 0.05) is 32.5 Å². The van der Waals surface area contributed by atoms with Gasteiger partial charge in [-0.25, -0.2) is 4.98 Å². The average molecular weight is 366 g/mol. The van der Waals surface area contributed by atoms with Crippen LogP contribution in [0.15, 0.2) is 38.3 Å². The summed E-state index contributed by atoms with van der Waals surface area (Å²) in [5.74, 6) is 0.879. The van der Waals surface area contributed by atoms with E-state index < -0.39 is 0 Å². The molecule has 140 valence electrons. The van der Waals surface area contributed by atoms with Gasteiger partial charge in [-0.15, -0.1) is 0 Å². The first-order chi connectivity index (χ1) is 13.1. The third-order valence-corrected chi connectivity index (χ3v) is 4.99. The number of nitrogen functional groups attached to an aromatic ring is 1. The van der Waals surface area contributed by atoms with Gasteiger partial charge in [-0.05, 0) is 18.6 Å². The molecule has 0 unspecified atom stereocenters. The maximum atomic E-state index is 12.8. The van der Waals surface area contributed by atoms with Crippen molar-refractivity contribution in [3.63, 3.8) is 0 Å². The first kappa shape index (κ1) is 17.5. The van der Waals surface area contributed by atoms with Gasteiger partial charge >= 0.3 is 0 Å². The quantitative estimate of drug-likeness (QED) is 0.731. The van der Waals surface area contributed by atoms with E-state index in [1.165, 1.54) is 0 Å². The van der Waals surface area contributed by atoms with Crippen molar-refractivity contribution >= 4 is 16.9 Å². The van der Waals surface area contributed by atoms with Crippen LogP contribution in [-0.2, 0) is 25.9 Å². The monoisotopic (exact) mass is 366 g/mol. The SMILES string of the molecule is CCCc1nc2c(c(=O)[nH]1)CN(Cc1c(N)oc3ccccc3c1=O)CC2. The number of fused-ring (bicyclic) bond motifs is 2. The van der Waals surface area contributed by atoms with E-state index in [4.69, 9.17) is 10.2 Å². The standard InChI is InChI=1S/C20H22N4O3/c1-2-5-17-22-15-8-9-24(10-13(15)20(26)23-17)11-14-18(25)12-6-3-4-7-16(12)27-19(14)21/h3-4,6-7H,2,5,8-11,21H2,1H3,(H,22,23,26). The molecule has 0 fully saturated rings. The minimum atomic E-state index is -0.120. The van der Waals surface area contributed by atoms with Crippen LogP contribution in [0.2, 0.25) is 0 Å². The maximum Gasteiger partial charge on any atom is 0.255 e. The molecular formula is C20H22N4O3. The molecule has 1 aromatic carbocycles. The van der Waals surface area contributed by atoms with Gasteiger partial charge in [0.1, 0.15) is 11.4 Å². The average Bonchev–Trinajstić information content (AvgIpc) is 2.66. The van der Waals surface area contributed by atoms with Gasteiger partial charge in [-0.3, -0.25) is 14.5 Å². The van der Waals surface area contributed by atoms with Gasteiger partial charge in [0.25, 0.3) is 5.56 Å². The molecule has 3 aromatic rings. The van der Waals surface area contributed by atoms with Crippen LogP contribution < -0.4 is 16.7 Å². The van der Waals surface area contributed by atoms with Crippen molar-refractivity contribution in [3.05, 3.63) is 67.5 Å². The van der Waals surface area contributed by atoms with Crippen LogP contribution in [0.25, 0.3) is 11.0 Å². The van der Waals surface area contributed by atoms with E-state index in [9.17, 15) is 9.59 Å². The van der Waals surface area contributed by atoms with Crippen LogP contribution >= 0.6 is 0 Å². The predicted molar refractivity (Wildman–Crippen MR) is 104 cm³/mol. The summed E-state index contributed by atoms with van der Waals surface area (Å²) in [6.07, 6.45) is 2.38. The third-order valence-electron chi connectivity index (χ3n) is 4.99. The maximum absolute atomic E-state index is 12.8. The van der Waals surface area contributed by atoms with Gasteiger partial charge in [-0.2, -0.15) is 0 Å². The lowest BCUT2D eigenvalue weighted by Gasteiger charge is -2.27. The lowest BCUT2D eigenvalue weighted by atomic mass is 10.1. The number of benzene rings is 1. The number of para-hydroxylation sites is 1. The Morgan fingerprint density at radius 3 is 2.93 bits per heavy atom. The number of H-pyrrole nitrogens is 1. The second kappa shape index (κ2) is 7.00. The van der Waals surface area contributed by atoms with Gasteiger partial charge in [0.15, 0.2) is 11.3 Å². The van der Waals surface area contributed by atoms with Crippen molar-refractivity contribution in [2.24, 2.45) is 0 Å². The van der Waals surface area contributed by atoms with Gasteiger partial charge in [-0.1, -0.05) is 19.1 Å². The minimum Gasteiger partial charge on any atom is -0.440 e. The second-order valence-electron chi connectivity index (χ2n) is 6.92. The van der Waals surface area contributed by atoms with Crippen molar-refractivity contribution in [1.82, 2.24) is 14.9 Å². The summed E-state index contributed by atoms with van der Waals surface area (Å²) in [6, 6.07) is 7.07. The number of nitrogens with one attached hydrogen (secondary N) is 1. The van der Waals surface area contributed by atoms with E-state index in [0.717, 1.165) is 24.4 Å². The first-order valence-electron chi connectivity index (χ1n) is 9.20. The minimum absolute atomic E-state index is 0.0910. The number of hydrogen-bond donors (Lipinski definition) is 2. The zero-order valence-electron chi connectivity index (χ0n) is 15.2. The molecular weight excluding hydrogens is 344 g/mol. The Hall–Kier alpha value is -2.93. The molecule has 0 amide bonds. The van der Waals surface area contributed by atoms with Crippen molar-refractivity contribution in [2.45, 2.75) is 39.3 Å². The summed E-state index contributed by atoms with van der Waals surface area (Å²) in [4.78, 5) is 34.7. The number of aromatic nitrogens is 2. The molecule has 4 rings (SSSR count). The summed E-state index contributed by atoms with van der Waals surface area (Å²) in [5.41, 5.74) is 8.24. The summed E-state index contributed by atoms with van der Waals surface area (Å²) >= 11 is 0. The van der Waals surface area contributed by atoms with Gasteiger partial charge in [0.05, 0.1) is 22.2 Å². The fourth-order valence-corrected chi connectivity index (χ4v) is 3.59. The molecule has 0 spiro atoms. The molecule has 0 saturated carbocycles. The van der Waals surface area contributed by atoms with E-state index >= 15 is 0 Å². The predicted octanol–water partition coefficient (Wildman–Crippen LogP) is 1.97. The summed E-state index contributed by atoms with van der Waals surface area (Å²) < 4.78 is 5.62. The third kappa shape index (κ3) is 3.26. The molecule has 27 heavy (non-hydrogen) atoms. The molecule has 3 N–H and O–H groups in total. The van der Waals surface area contributed by atoms with Crippen molar-refractivity contribution in [2.75, 3.05) is 12.3 Å². The largest absolute Gasteiger partial charge is 0.440 e. The van der Waals surface area contributed by atoms with E-state index in [1.54, 1.807) is 24.3 Å². The second-order valence-corrected chi connectivity index (χ2v) is 6.92. The zero-order valence-corrected chi connectivity index (χ0v) is 15.2. The molecule has 7 heteroatoms. The Labute approximate surface area is 155 Å². The first-order valence-corrected chi connectivity index (χ1v) is 9.20. The summed E-state index contributed by atoms with van der Waals surface area (Å²) in [6.45, 7) is 3.55. The molecule has 3 heterocycles. The number of nitrogens with two attached hydrogens (primary N) is 1. The van der Waals surface area contributed by atoms with Crippen LogP contribution in [0, 0.1) is 0 Å². The summed E-state index contributed by atoms with van der Waals surface area (Å²) in [7, 11) is 0. The summed E-state index contributed by atoms with van der Waals surface area (Å²) in [5, 5.41) is 0.517. The van der Waals surface area contributed by atoms with E-state index in [0.29, 0.717) is 48.2 Å².